The van der Waals surface area contributed by atoms with Gasteiger partial charge in [0.05, 0.1) is 0 Å². The molecule has 1 aromatic heterocycles. The van der Waals surface area contributed by atoms with Crippen LogP contribution in [0.3, 0.4) is 0 Å². The first-order chi connectivity index (χ1) is 9.24. The number of carbonyl (C=O) groups is 1. The number of nitrogens with one attached hydrogen (secondary N) is 2. The number of aromatic nitrogens is 1. The molecular weight excluding hydrogens is 254 g/mol. The van der Waals surface area contributed by atoms with Crippen molar-refractivity contribution in [2.24, 2.45) is 0 Å². The molecule has 0 radical (unpaired) electrons. The fourth-order valence-corrected chi connectivity index (χ4v) is 1.93. The van der Waals surface area contributed by atoms with Gasteiger partial charge in [0, 0.05) is 18.2 Å². The summed E-state index contributed by atoms with van der Waals surface area (Å²) < 4.78 is 5.42. The standard InChI is InChI=1S/C15H21N3O2/c1-9(14(19)18-15(3,4)5)16-11-6-7-13-12(8-11)17-10(2)20-13/h6-9,16H,1-5H3,(H,18,19). The van der Waals surface area contributed by atoms with E-state index in [-0.39, 0.29) is 17.5 Å². The number of hydrogen-bond donors (Lipinski definition) is 2. The second-order valence-electron chi connectivity index (χ2n) is 6.02. The number of rotatable bonds is 3. The highest BCUT2D eigenvalue weighted by Gasteiger charge is 2.19. The van der Waals surface area contributed by atoms with E-state index in [1.807, 2.05) is 52.8 Å². The second kappa shape index (κ2) is 5.15. The van der Waals surface area contributed by atoms with E-state index < -0.39 is 0 Å². The van der Waals surface area contributed by atoms with Crippen molar-refractivity contribution in [3.63, 3.8) is 0 Å². The van der Waals surface area contributed by atoms with Crippen LogP contribution in [0.4, 0.5) is 5.69 Å². The van der Waals surface area contributed by atoms with Crippen molar-refractivity contribution < 1.29 is 9.21 Å². The molecule has 1 atom stereocenters. The molecule has 0 bridgehead atoms. The van der Waals surface area contributed by atoms with Gasteiger partial charge in [0.2, 0.25) is 5.91 Å². The Morgan fingerprint density at radius 3 is 2.70 bits per heavy atom. The molecule has 2 rings (SSSR count). The van der Waals surface area contributed by atoms with Crippen LogP contribution in [0.1, 0.15) is 33.6 Å². The smallest absolute Gasteiger partial charge is 0.242 e. The Kier molecular flexibility index (Phi) is 3.70. The lowest BCUT2D eigenvalue weighted by Gasteiger charge is -2.24. The monoisotopic (exact) mass is 275 g/mol. The van der Waals surface area contributed by atoms with Crippen molar-refractivity contribution in [2.75, 3.05) is 5.32 Å². The summed E-state index contributed by atoms with van der Waals surface area (Å²) in [6.07, 6.45) is 0. The zero-order valence-electron chi connectivity index (χ0n) is 12.6. The number of oxazole rings is 1. The fourth-order valence-electron chi connectivity index (χ4n) is 1.93. The zero-order valence-corrected chi connectivity index (χ0v) is 12.6. The van der Waals surface area contributed by atoms with Crippen LogP contribution >= 0.6 is 0 Å². The van der Waals surface area contributed by atoms with Gasteiger partial charge in [-0.1, -0.05) is 0 Å². The van der Waals surface area contributed by atoms with E-state index in [1.165, 1.54) is 0 Å². The number of hydrogen-bond acceptors (Lipinski definition) is 4. The normalized spacial score (nSPS) is 13.2. The van der Waals surface area contributed by atoms with Crippen molar-refractivity contribution in [3.8, 4) is 0 Å². The van der Waals surface area contributed by atoms with E-state index in [2.05, 4.69) is 15.6 Å². The van der Waals surface area contributed by atoms with Gasteiger partial charge in [0.1, 0.15) is 11.6 Å². The Labute approximate surface area is 118 Å². The molecule has 1 heterocycles. The summed E-state index contributed by atoms with van der Waals surface area (Å²) in [4.78, 5) is 16.3. The summed E-state index contributed by atoms with van der Waals surface area (Å²) in [5.41, 5.74) is 2.15. The molecule has 1 aromatic carbocycles. The van der Waals surface area contributed by atoms with Gasteiger partial charge in [-0.3, -0.25) is 4.79 Å². The molecular formula is C15H21N3O2. The van der Waals surface area contributed by atoms with Crippen LogP contribution in [-0.2, 0) is 4.79 Å². The highest BCUT2D eigenvalue weighted by molar-refractivity contribution is 5.86. The topological polar surface area (TPSA) is 67.2 Å². The first-order valence-corrected chi connectivity index (χ1v) is 6.70. The molecule has 1 unspecified atom stereocenters. The third-order valence-electron chi connectivity index (χ3n) is 2.77. The predicted molar refractivity (Wildman–Crippen MR) is 79.7 cm³/mol. The van der Waals surface area contributed by atoms with Crippen LogP contribution in [0.25, 0.3) is 11.1 Å². The molecule has 0 saturated carbocycles. The van der Waals surface area contributed by atoms with E-state index in [0.29, 0.717) is 5.89 Å². The van der Waals surface area contributed by atoms with Crippen LogP contribution in [0, 0.1) is 6.92 Å². The molecule has 0 fully saturated rings. The third kappa shape index (κ3) is 3.50. The molecule has 5 nitrogen and oxygen atoms in total. The molecule has 0 saturated heterocycles. The molecule has 0 aliphatic carbocycles. The number of amides is 1. The van der Waals surface area contributed by atoms with Crippen LogP contribution in [0.5, 0.6) is 0 Å². The molecule has 0 aliphatic rings. The molecule has 5 heteroatoms. The first-order valence-electron chi connectivity index (χ1n) is 6.70. The van der Waals surface area contributed by atoms with E-state index in [4.69, 9.17) is 4.42 Å². The van der Waals surface area contributed by atoms with Crippen LogP contribution < -0.4 is 10.6 Å². The summed E-state index contributed by atoms with van der Waals surface area (Å²) >= 11 is 0. The van der Waals surface area contributed by atoms with Gasteiger partial charge < -0.3 is 15.1 Å². The van der Waals surface area contributed by atoms with E-state index >= 15 is 0 Å². The maximum absolute atomic E-state index is 12.0. The zero-order chi connectivity index (χ0) is 14.9. The minimum absolute atomic E-state index is 0.0334. The molecule has 108 valence electrons. The van der Waals surface area contributed by atoms with Crippen LogP contribution in [0.15, 0.2) is 22.6 Å². The molecule has 0 spiro atoms. The second-order valence-corrected chi connectivity index (χ2v) is 6.02. The van der Waals surface area contributed by atoms with E-state index in [9.17, 15) is 4.79 Å². The van der Waals surface area contributed by atoms with Gasteiger partial charge in [-0.25, -0.2) is 4.98 Å². The largest absolute Gasteiger partial charge is 0.441 e. The van der Waals surface area contributed by atoms with E-state index in [0.717, 1.165) is 16.8 Å². The van der Waals surface area contributed by atoms with E-state index in [1.54, 1.807) is 0 Å². The highest BCUT2D eigenvalue weighted by atomic mass is 16.3. The summed E-state index contributed by atoms with van der Waals surface area (Å²) in [7, 11) is 0. The SMILES string of the molecule is Cc1nc2cc(NC(C)C(=O)NC(C)(C)C)ccc2o1. The lowest BCUT2D eigenvalue weighted by molar-refractivity contribution is -0.122. The predicted octanol–water partition coefficient (Wildman–Crippen LogP) is 2.85. The Hall–Kier alpha value is -2.04. The third-order valence-corrected chi connectivity index (χ3v) is 2.77. The number of aryl methyl sites for hydroxylation is 1. The van der Waals surface area contributed by atoms with Crippen molar-refractivity contribution in [1.29, 1.82) is 0 Å². The lowest BCUT2D eigenvalue weighted by Crippen LogP contribution is -2.47. The number of nitrogens with zero attached hydrogens (tertiary/aromatic N) is 1. The Bertz CT molecular complexity index is 626. The fraction of sp³-hybridized carbons (Fsp3) is 0.467. The van der Waals surface area contributed by atoms with Gasteiger partial charge in [-0.15, -0.1) is 0 Å². The molecule has 2 N–H and O–H groups in total. The van der Waals surface area contributed by atoms with Crippen molar-refractivity contribution in [3.05, 3.63) is 24.1 Å². The van der Waals surface area contributed by atoms with Gasteiger partial charge in [-0.05, 0) is 45.9 Å². The van der Waals surface area contributed by atoms with Gasteiger partial charge >= 0.3 is 0 Å². The van der Waals surface area contributed by atoms with Crippen LogP contribution in [-0.4, -0.2) is 22.5 Å². The number of benzene rings is 1. The van der Waals surface area contributed by atoms with Crippen molar-refractivity contribution in [2.45, 2.75) is 46.2 Å². The summed E-state index contributed by atoms with van der Waals surface area (Å²) in [6.45, 7) is 9.53. The minimum Gasteiger partial charge on any atom is -0.441 e. The first kappa shape index (κ1) is 14.4. The molecule has 2 aromatic rings. The Morgan fingerprint density at radius 1 is 1.35 bits per heavy atom. The quantitative estimate of drug-likeness (QED) is 0.904. The van der Waals surface area contributed by atoms with Gasteiger partial charge in [-0.2, -0.15) is 0 Å². The van der Waals surface area contributed by atoms with Gasteiger partial charge in [0.15, 0.2) is 11.5 Å². The average Bonchev–Trinajstić information content (AvgIpc) is 2.66. The van der Waals surface area contributed by atoms with Crippen molar-refractivity contribution >= 4 is 22.7 Å². The number of anilines is 1. The number of carbonyl (C=O) groups excluding carboxylic acids is 1. The number of fused-ring (bicyclic) bond motifs is 1. The van der Waals surface area contributed by atoms with Gasteiger partial charge in [0.25, 0.3) is 0 Å². The molecule has 0 aliphatic heterocycles. The lowest BCUT2D eigenvalue weighted by atomic mass is 10.1. The summed E-state index contributed by atoms with van der Waals surface area (Å²) in [5, 5.41) is 6.12. The highest BCUT2D eigenvalue weighted by Crippen LogP contribution is 2.20. The summed E-state index contributed by atoms with van der Waals surface area (Å²) in [5.74, 6) is 0.601. The molecule has 1 amide bonds. The van der Waals surface area contributed by atoms with Crippen LogP contribution in [0.2, 0.25) is 0 Å². The summed E-state index contributed by atoms with van der Waals surface area (Å²) in [6, 6.07) is 5.30. The Balaban J connectivity index is 2.09. The maximum atomic E-state index is 12.0. The Morgan fingerprint density at radius 2 is 2.05 bits per heavy atom. The van der Waals surface area contributed by atoms with Crippen molar-refractivity contribution in [1.82, 2.24) is 10.3 Å². The average molecular weight is 275 g/mol. The maximum Gasteiger partial charge on any atom is 0.242 e. The molecule has 20 heavy (non-hydrogen) atoms. The minimum atomic E-state index is -0.320.